The maximum absolute atomic E-state index is 16.4. The first-order valence-electron chi connectivity index (χ1n) is 12.4. The maximum Gasteiger partial charge on any atom is 0.335 e. The van der Waals surface area contributed by atoms with Crippen LogP contribution in [-0.4, -0.2) is 59.4 Å². The van der Waals surface area contributed by atoms with E-state index in [1.165, 1.54) is 20.3 Å². The van der Waals surface area contributed by atoms with Crippen molar-refractivity contribution in [3.8, 4) is 11.4 Å². The number of aliphatic carboxylic acids is 1. The molecule has 0 aliphatic heterocycles. The number of hydrogen-bond donors (Lipinski definition) is 2. The summed E-state index contributed by atoms with van der Waals surface area (Å²) >= 11 is 0. The number of methoxy groups -OCH3 is 3. The van der Waals surface area contributed by atoms with Crippen LogP contribution in [0.15, 0.2) is 30.5 Å². The van der Waals surface area contributed by atoms with E-state index < -0.39 is 28.6 Å². The Bertz CT molecular complexity index is 1540. The third kappa shape index (κ3) is 3.85. The number of ether oxygens (including phenoxy) is 3. The fourth-order valence-electron chi connectivity index (χ4n) is 6.10. The number of carboxylic acids is 1. The minimum atomic E-state index is -1.37. The smallest absolute Gasteiger partial charge is 0.335 e. The number of nitrogens with zero attached hydrogens (tertiary/aromatic N) is 2. The number of H-pyrrole nitrogens is 1. The van der Waals surface area contributed by atoms with Gasteiger partial charge in [-0.1, -0.05) is 13.8 Å². The lowest BCUT2D eigenvalue weighted by atomic mass is 9.81. The summed E-state index contributed by atoms with van der Waals surface area (Å²) in [5, 5.41) is 17.7. The fourth-order valence-corrected chi connectivity index (χ4v) is 6.10. The molecule has 2 N–H and O–H groups in total. The van der Waals surface area contributed by atoms with Gasteiger partial charge in [0.25, 0.3) is 0 Å². The van der Waals surface area contributed by atoms with Crippen LogP contribution in [-0.2, 0) is 19.7 Å². The van der Waals surface area contributed by atoms with Gasteiger partial charge in [-0.3, -0.25) is 5.10 Å². The van der Waals surface area contributed by atoms with E-state index in [4.69, 9.17) is 14.2 Å². The Labute approximate surface area is 218 Å². The van der Waals surface area contributed by atoms with Crippen molar-refractivity contribution in [2.45, 2.75) is 50.0 Å². The topological polar surface area (TPSA) is 98.6 Å². The van der Waals surface area contributed by atoms with Crippen molar-refractivity contribution in [3.63, 3.8) is 0 Å². The van der Waals surface area contributed by atoms with E-state index in [0.717, 1.165) is 5.69 Å². The third-order valence-corrected chi connectivity index (χ3v) is 7.85. The number of carbonyl (C=O) groups is 1. The highest BCUT2D eigenvalue weighted by atomic mass is 19.1. The van der Waals surface area contributed by atoms with E-state index in [0.29, 0.717) is 47.0 Å². The van der Waals surface area contributed by atoms with E-state index in [-0.39, 0.29) is 23.6 Å². The Kier molecular flexibility index (Phi) is 6.43. The Morgan fingerprint density at radius 3 is 2.66 bits per heavy atom. The first kappa shape index (κ1) is 26.1. The monoisotopic (exact) mass is 527 g/mol. The molecule has 2 aromatic carbocycles. The molecule has 2 atom stereocenters. The average molecular weight is 528 g/mol. The van der Waals surface area contributed by atoms with Gasteiger partial charge >= 0.3 is 5.97 Å². The molecule has 2 heterocycles. The number of aromatic amines is 1. The predicted molar refractivity (Wildman–Crippen MR) is 138 cm³/mol. The number of halogens is 2. The van der Waals surface area contributed by atoms with Crippen molar-refractivity contribution < 1.29 is 32.9 Å². The molecule has 2 aromatic heterocycles. The molecular formula is C28H31F2N3O5. The number of hydrogen-bond acceptors (Lipinski definition) is 5. The zero-order valence-electron chi connectivity index (χ0n) is 22.0. The van der Waals surface area contributed by atoms with Crippen LogP contribution in [0.3, 0.4) is 0 Å². The van der Waals surface area contributed by atoms with Gasteiger partial charge in [0, 0.05) is 47.9 Å². The van der Waals surface area contributed by atoms with E-state index in [1.807, 2.05) is 24.5 Å². The largest absolute Gasteiger partial charge is 0.494 e. The van der Waals surface area contributed by atoms with Gasteiger partial charge in [0.1, 0.15) is 5.52 Å². The van der Waals surface area contributed by atoms with Gasteiger partial charge in [-0.15, -0.1) is 0 Å². The molecule has 1 fully saturated rings. The van der Waals surface area contributed by atoms with Gasteiger partial charge < -0.3 is 23.9 Å². The van der Waals surface area contributed by atoms with Gasteiger partial charge in [-0.25, -0.2) is 13.6 Å². The highest BCUT2D eigenvalue weighted by molar-refractivity contribution is 6.00. The van der Waals surface area contributed by atoms with Crippen LogP contribution < -0.4 is 4.74 Å². The summed E-state index contributed by atoms with van der Waals surface area (Å²) in [6.07, 6.45) is 2.51. The van der Waals surface area contributed by atoms with Gasteiger partial charge in [0.15, 0.2) is 23.0 Å². The van der Waals surface area contributed by atoms with Gasteiger partial charge in [-0.2, -0.15) is 5.10 Å². The Balaban J connectivity index is 1.92. The molecule has 38 heavy (non-hydrogen) atoms. The molecule has 202 valence electrons. The Morgan fingerprint density at radius 1 is 1.26 bits per heavy atom. The molecule has 10 heteroatoms. The van der Waals surface area contributed by atoms with Crippen LogP contribution in [0.5, 0.6) is 5.75 Å². The normalized spacial score (nSPS) is 20.0. The summed E-state index contributed by atoms with van der Waals surface area (Å²) < 4.78 is 49.1. The molecule has 0 bridgehead atoms. The van der Waals surface area contributed by atoms with Crippen LogP contribution in [0.25, 0.3) is 27.5 Å². The fraction of sp³-hybridized carbons (Fsp3) is 0.429. The SMILES string of the molecule is COCC(C)(C)c1c([C@@H]2CC[C@@](OC)(C(=O)O)C2)c2c(F)c3[nH]ncc3cc2n1-c1ccc(F)c(OC)c1. The van der Waals surface area contributed by atoms with Crippen LogP contribution >= 0.6 is 0 Å². The second kappa shape index (κ2) is 9.36. The molecule has 4 aromatic rings. The minimum Gasteiger partial charge on any atom is -0.494 e. The second-order valence-electron chi connectivity index (χ2n) is 10.6. The molecule has 8 nitrogen and oxygen atoms in total. The van der Waals surface area contributed by atoms with Crippen LogP contribution in [0, 0.1) is 11.6 Å². The molecule has 0 radical (unpaired) electrons. The molecule has 1 saturated carbocycles. The summed E-state index contributed by atoms with van der Waals surface area (Å²) in [6.45, 7) is 4.29. The van der Waals surface area contributed by atoms with Crippen molar-refractivity contribution in [1.29, 1.82) is 0 Å². The summed E-state index contributed by atoms with van der Waals surface area (Å²) in [7, 11) is 4.39. The molecule has 0 unspecified atom stereocenters. The van der Waals surface area contributed by atoms with Crippen molar-refractivity contribution in [1.82, 2.24) is 14.8 Å². The molecule has 0 saturated heterocycles. The number of nitrogens with one attached hydrogen (secondary N) is 1. The molecule has 0 spiro atoms. The molecular weight excluding hydrogens is 496 g/mol. The van der Waals surface area contributed by atoms with E-state index in [2.05, 4.69) is 10.2 Å². The maximum atomic E-state index is 16.4. The standard InChI is InChI=1S/C28H31F2N3O5/c1-27(2,14-36-3)25-21(15-8-9-28(12-15,38-5)26(34)35)22-19(10-16-13-31-32-24(16)23(22)30)33(25)17-6-7-18(29)20(11-17)37-4/h6-7,10-11,13,15H,8-9,12,14H2,1-5H3,(H,31,32)(H,34,35)/t15-,28+/m1/s1. The second-order valence-corrected chi connectivity index (χ2v) is 10.6. The lowest BCUT2D eigenvalue weighted by Gasteiger charge is -2.30. The molecule has 5 rings (SSSR count). The lowest BCUT2D eigenvalue weighted by molar-refractivity contribution is -0.161. The number of rotatable bonds is 8. The summed E-state index contributed by atoms with van der Waals surface area (Å²) in [6, 6.07) is 6.36. The average Bonchev–Trinajstić information content (AvgIpc) is 3.61. The van der Waals surface area contributed by atoms with Gasteiger partial charge in [-0.05, 0) is 48.9 Å². The van der Waals surface area contributed by atoms with Crippen LogP contribution in [0.4, 0.5) is 8.78 Å². The quantitative estimate of drug-likeness (QED) is 0.316. The van der Waals surface area contributed by atoms with E-state index in [1.54, 1.807) is 25.4 Å². The Hall–Kier alpha value is -3.50. The molecule has 1 aliphatic rings. The number of fused-ring (bicyclic) bond motifs is 2. The first-order valence-corrected chi connectivity index (χ1v) is 12.4. The van der Waals surface area contributed by atoms with Crippen molar-refractivity contribution in [2.24, 2.45) is 0 Å². The van der Waals surface area contributed by atoms with Crippen molar-refractivity contribution in [3.05, 3.63) is 53.4 Å². The van der Waals surface area contributed by atoms with Gasteiger partial charge in [0.05, 0.1) is 25.4 Å². The first-order chi connectivity index (χ1) is 18.1. The summed E-state index contributed by atoms with van der Waals surface area (Å²) in [4.78, 5) is 12.2. The van der Waals surface area contributed by atoms with E-state index >= 15 is 4.39 Å². The highest BCUT2D eigenvalue weighted by Crippen LogP contribution is 2.51. The number of aromatic nitrogens is 3. The summed E-state index contributed by atoms with van der Waals surface area (Å²) in [5.41, 5.74) is 0.835. The summed E-state index contributed by atoms with van der Waals surface area (Å²) in [5.74, 6) is -2.30. The molecule has 1 aliphatic carbocycles. The van der Waals surface area contributed by atoms with E-state index in [9.17, 15) is 14.3 Å². The number of carboxylic acid groups (broad SMARTS) is 1. The van der Waals surface area contributed by atoms with Crippen LogP contribution in [0.2, 0.25) is 0 Å². The van der Waals surface area contributed by atoms with Gasteiger partial charge in [0.2, 0.25) is 0 Å². The Morgan fingerprint density at radius 2 is 2.03 bits per heavy atom. The van der Waals surface area contributed by atoms with Crippen LogP contribution in [0.1, 0.15) is 50.3 Å². The zero-order chi connectivity index (χ0) is 27.4. The molecule has 0 amide bonds. The van der Waals surface area contributed by atoms with Crippen molar-refractivity contribution in [2.75, 3.05) is 27.9 Å². The minimum absolute atomic E-state index is 0.0522. The number of benzene rings is 2. The highest BCUT2D eigenvalue weighted by Gasteiger charge is 2.49. The lowest BCUT2D eigenvalue weighted by Crippen LogP contribution is -2.38. The predicted octanol–water partition coefficient (Wildman–Crippen LogP) is 5.45. The third-order valence-electron chi connectivity index (χ3n) is 7.85. The van der Waals surface area contributed by atoms with Crippen molar-refractivity contribution >= 4 is 27.8 Å². The zero-order valence-corrected chi connectivity index (χ0v) is 22.0.